The van der Waals surface area contributed by atoms with Crippen molar-refractivity contribution in [2.24, 2.45) is 0 Å². The standard InChI is InChI=1S/C15H19N3O3/c1-3-6-16-10(2)14-17-18-15(21-14)11-4-5-12-13(9-11)20-8-7-19-12/h4-5,9-10,16H,3,6-8H2,1-2H3. The van der Waals surface area contributed by atoms with Crippen molar-refractivity contribution in [3.63, 3.8) is 0 Å². The van der Waals surface area contributed by atoms with Gasteiger partial charge in [-0.1, -0.05) is 6.92 Å². The largest absolute Gasteiger partial charge is 0.486 e. The SMILES string of the molecule is CCCNC(C)c1nnc(-c2ccc3c(c2)OCCO3)o1. The monoisotopic (exact) mass is 289 g/mol. The molecule has 2 heterocycles. The van der Waals surface area contributed by atoms with Crippen molar-refractivity contribution >= 4 is 0 Å². The lowest BCUT2D eigenvalue weighted by atomic mass is 10.2. The van der Waals surface area contributed by atoms with E-state index in [1.165, 1.54) is 0 Å². The van der Waals surface area contributed by atoms with Crippen LogP contribution in [0.4, 0.5) is 0 Å². The number of nitrogens with zero attached hydrogens (tertiary/aromatic N) is 2. The van der Waals surface area contributed by atoms with Crippen LogP contribution in [0.3, 0.4) is 0 Å². The number of hydrogen-bond donors (Lipinski definition) is 1. The zero-order valence-corrected chi connectivity index (χ0v) is 12.3. The molecular formula is C15H19N3O3. The first kappa shape index (κ1) is 13.9. The Bertz CT molecular complexity index is 612. The van der Waals surface area contributed by atoms with Crippen molar-refractivity contribution in [2.75, 3.05) is 19.8 Å². The Hall–Kier alpha value is -2.08. The molecule has 0 saturated carbocycles. The molecule has 112 valence electrons. The van der Waals surface area contributed by atoms with Crippen molar-refractivity contribution in [2.45, 2.75) is 26.3 Å². The summed E-state index contributed by atoms with van der Waals surface area (Å²) in [6.07, 6.45) is 1.06. The highest BCUT2D eigenvalue weighted by atomic mass is 16.6. The van der Waals surface area contributed by atoms with Crippen LogP contribution >= 0.6 is 0 Å². The molecule has 1 aromatic carbocycles. The summed E-state index contributed by atoms with van der Waals surface area (Å²) in [5.74, 6) is 2.55. The lowest BCUT2D eigenvalue weighted by Gasteiger charge is -2.18. The topological polar surface area (TPSA) is 69.4 Å². The highest BCUT2D eigenvalue weighted by Crippen LogP contribution is 2.34. The lowest BCUT2D eigenvalue weighted by Crippen LogP contribution is -2.19. The number of benzene rings is 1. The van der Waals surface area contributed by atoms with Crippen molar-refractivity contribution in [1.29, 1.82) is 0 Å². The predicted octanol–water partition coefficient (Wildman–Crippen LogP) is 2.57. The first-order chi connectivity index (χ1) is 10.3. The van der Waals surface area contributed by atoms with Gasteiger partial charge in [-0.05, 0) is 38.1 Å². The van der Waals surface area contributed by atoms with Gasteiger partial charge in [-0.15, -0.1) is 10.2 Å². The first-order valence-electron chi connectivity index (χ1n) is 7.24. The quantitative estimate of drug-likeness (QED) is 0.912. The van der Waals surface area contributed by atoms with Crippen LogP contribution in [-0.2, 0) is 0 Å². The maximum atomic E-state index is 5.74. The molecule has 0 saturated heterocycles. The molecule has 0 amide bonds. The van der Waals surface area contributed by atoms with Gasteiger partial charge in [0, 0.05) is 5.56 Å². The van der Waals surface area contributed by atoms with E-state index in [0.29, 0.717) is 25.0 Å². The summed E-state index contributed by atoms with van der Waals surface area (Å²) < 4.78 is 16.8. The average molecular weight is 289 g/mol. The maximum absolute atomic E-state index is 5.74. The molecule has 3 rings (SSSR count). The summed E-state index contributed by atoms with van der Waals surface area (Å²) in [7, 11) is 0. The van der Waals surface area contributed by atoms with E-state index in [-0.39, 0.29) is 6.04 Å². The minimum Gasteiger partial charge on any atom is -0.486 e. The molecule has 1 atom stereocenters. The predicted molar refractivity (Wildman–Crippen MR) is 77.4 cm³/mol. The number of ether oxygens (including phenoxy) is 2. The average Bonchev–Trinajstić information content (AvgIpc) is 3.02. The van der Waals surface area contributed by atoms with Crippen LogP contribution in [0.25, 0.3) is 11.5 Å². The number of fused-ring (bicyclic) bond motifs is 1. The number of aromatic nitrogens is 2. The minimum absolute atomic E-state index is 0.0448. The minimum atomic E-state index is 0.0448. The molecular weight excluding hydrogens is 270 g/mol. The van der Waals surface area contributed by atoms with E-state index in [1.54, 1.807) is 0 Å². The van der Waals surface area contributed by atoms with Gasteiger partial charge in [0.25, 0.3) is 0 Å². The Labute approximate surface area is 123 Å². The third-order valence-electron chi connectivity index (χ3n) is 3.30. The fraction of sp³-hybridized carbons (Fsp3) is 0.467. The van der Waals surface area contributed by atoms with E-state index < -0.39 is 0 Å². The van der Waals surface area contributed by atoms with Crippen LogP contribution < -0.4 is 14.8 Å². The molecule has 1 N–H and O–H groups in total. The highest BCUT2D eigenvalue weighted by Gasteiger charge is 2.17. The first-order valence-corrected chi connectivity index (χ1v) is 7.24. The molecule has 1 aliphatic rings. The van der Waals surface area contributed by atoms with Crippen LogP contribution in [0.15, 0.2) is 22.6 Å². The zero-order chi connectivity index (χ0) is 14.7. The Balaban J connectivity index is 1.79. The third kappa shape index (κ3) is 3.00. The lowest BCUT2D eigenvalue weighted by molar-refractivity contribution is 0.171. The van der Waals surface area contributed by atoms with Gasteiger partial charge in [-0.25, -0.2) is 0 Å². The van der Waals surface area contributed by atoms with E-state index in [2.05, 4.69) is 22.4 Å². The van der Waals surface area contributed by atoms with Crippen molar-refractivity contribution in [1.82, 2.24) is 15.5 Å². The van der Waals surface area contributed by atoms with Crippen LogP contribution in [0.1, 0.15) is 32.2 Å². The van der Waals surface area contributed by atoms with Crippen LogP contribution in [0.5, 0.6) is 11.5 Å². The smallest absolute Gasteiger partial charge is 0.247 e. The Morgan fingerprint density at radius 2 is 2.00 bits per heavy atom. The molecule has 1 aliphatic heterocycles. The highest BCUT2D eigenvalue weighted by molar-refractivity contribution is 5.59. The Morgan fingerprint density at radius 3 is 2.81 bits per heavy atom. The fourth-order valence-electron chi connectivity index (χ4n) is 2.15. The second-order valence-corrected chi connectivity index (χ2v) is 4.98. The number of rotatable bonds is 5. The second kappa shape index (κ2) is 6.13. The van der Waals surface area contributed by atoms with Gasteiger partial charge < -0.3 is 19.2 Å². The summed E-state index contributed by atoms with van der Waals surface area (Å²) in [4.78, 5) is 0. The summed E-state index contributed by atoms with van der Waals surface area (Å²) in [5.41, 5.74) is 0.834. The summed E-state index contributed by atoms with van der Waals surface area (Å²) >= 11 is 0. The molecule has 2 aromatic rings. The van der Waals surface area contributed by atoms with E-state index in [9.17, 15) is 0 Å². The fourth-order valence-corrected chi connectivity index (χ4v) is 2.15. The molecule has 0 spiro atoms. The summed E-state index contributed by atoms with van der Waals surface area (Å²) in [5, 5.41) is 11.5. The summed E-state index contributed by atoms with van der Waals surface area (Å²) in [6.45, 7) is 6.19. The normalized spacial score (nSPS) is 15.0. The molecule has 1 unspecified atom stereocenters. The molecule has 21 heavy (non-hydrogen) atoms. The van der Waals surface area contributed by atoms with Crippen LogP contribution in [0.2, 0.25) is 0 Å². The van der Waals surface area contributed by atoms with Gasteiger partial charge in [-0.2, -0.15) is 0 Å². The van der Waals surface area contributed by atoms with E-state index in [1.807, 2.05) is 25.1 Å². The van der Waals surface area contributed by atoms with E-state index >= 15 is 0 Å². The van der Waals surface area contributed by atoms with Crippen molar-refractivity contribution in [3.05, 3.63) is 24.1 Å². The van der Waals surface area contributed by atoms with Gasteiger partial charge in [0.1, 0.15) is 13.2 Å². The Morgan fingerprint density at radius 1 is 1.19 bits per heavy atom. The Kier molecular flexibility index (Phi) is 4.06. The molecule has 1 aromatic heterocycles. The van der Waals surface area contributed by atoms with Crippen molar-refractivity contribution < 1.29 is 13.9 Å². The molecule has 0 radical (unpaired) electrons. The van der Waals surface area contributed by atoms with Crippen LogP contribution in [0, 0.1) is 0 Å². The van der Waals surface area contributed by atoms with E-state index in [0.717, 1.165) is 30.0 Å². The molecule has 6 heteroatoms. The molecule has 0 bridgehead atoms. The van der Waals surface area contributed by atoms with Gasteiger partial charge >= 0.3 is 0 Å². The zero-order valence-electron chi connectivity index (χ0n) is 12.3. The maximum Gasteiger partial charge on any atom is 0.247 e. The summed E-state index contributed by atoms with van der Waals surface area (Å²) in [6, 6.07) is 5.68. The van der Waals surface area contributed by atoms with Gasteiger partial charge in [0.05, 0.1) is 6.04 Å². The van der Waals surface area contributed by atoms with E-state index in [4.69, 9.17) is 13.9 Å². The molecule has 6 nitrogen and oxygen atoms in total. The van der Waals surface area contributed by atoms with Crippen LogP contribution in [-0.4, -0.2) is 30.0 Å². The van der Waals surface area contributed by atoms with Gasteiger partial charge in [-0.3, -0.25) is 0 Å². The number of nitrogens with one attached hydrogen (secondary N) is 1. The van der Waals surface area contributed by atoms with Gasteiger partial charge in [0.2, 0.25) is 11.8 Å². The van der Waals surface area contributed by atoms with Gasteiger partial charge in [0.15, 0.2) is 11.5 Å². The van der Waals surface area contributed by atoms with Crippen molar-refractivity contribution in [3.8, 4) is 23.0 Å². The molecule has 0 fully saturated rings. The molecule has 0 aliphatic carbocycles. The third-order valence-corrected chi connectivity index (χ3v) is 3.30. The number of hydrogen-bond acceptors (Lipinski definition) is 6. The second-order valence-electron chi connectivity index (χ2n) is 4.98.